The Hall–Kier alpha value is -0.710. The molecule has 4 nitrogen and oxygen atoms in total. The number of halogens is 2. The summed E-state index contributed by atoms with van der Waals surface area (Å²) in [6.07, 6.45) is 1.07. The number of rotatable bonds is 8. The average Bonchev–Trinajstić information content (AvgIpc) is 2.35. The number of ether oxygens (including phenoxy) is 1. The number of pyridine rings is 1. The van der Waals surface area contributed by atoms with Crippen molar-refractivity contribution >= 4 is 34.8 Å². The Bertz CT molecular complexity index is 400. The molecular weight excluding hydrogens is 285 g/mol. The van der Waals surface area contributed by atoms with Gasteiger partial charge < -0.3 is 15.4 Å². The minimum Gasteiger partial charge on any atom is -0.380 e. The van der Waals surface area contributed by atoms with E-state index in [0.717, 1.165) is 13.0 Å². The second kappa shape index (κ2) is 8.46. The van der Waals surface area contributed by atoms with Crippen LogP contribution in [0.5, 0.6) is 0 Å². The van der Waals surface area contributed by atoms with Crippen molar-refractivity contribution in [1.82, 2.24) is 4.98 Å². The predicted octanol–water partition coefficient (Wildman–Crippen LogP) is 3.90. The highest BCUT2D eigenvalue weighted by atomic mass is 35.5. The molecule has 0 aliphatic carbocycles. The second-order valence-electron chi connectivity index (χ2n) is 4.62. The maximum Gasteiger partial charge on any atom is 0.147 e. The number of hydrogen-bond donors (Lipinski definition) is 2. The van der Waals surface area contributed by atoms with E-state index in [0.29, 0.717) is 40.8 Å². The van der Waals surface area contributed by atoms with Gasteiger partial charge >= 0.3 is 0 Å². The van der Waals surface area contributed by atoms with E-state index in [4.69, 9.17) is 27.9 Å². The molecule has 0 aliphatic rings. The molecule has 1 heterocycles. The lowest BCUT2D eigenvalue weighted by molar-refractivity contribution is 0.132. The molecule has 1 aromatic heterocycles. The maximum absolute atomic E-state index is 6.06. The lowest BCUT2D eigenvalue weighted by Gasteiger charge is -2.11. The van der Waals surface area contributed by atoms with E-state index in [2.05, 4.69) is 29.5 Å². The molecule has 2 N–H and O–H groups in total. The first kappa shape index (κ1) is 16.3. The minimum atomic E-state index is 0.506. The molecule has 1 rings (SSSR count). The fraction of sp³-hybridized carbons (Fsp3) is 0.615. The van der Waals surface area contributed by atoms with Crippen LogP contribution in [0.25, 0.3) is 0 Å². The van der Waals surface area contributed by atoms with Gasteiger partial charge in [-0.2, -0.15) is 0 Å². The SMILES string of the molecule is CNc1nc(NCCOCCC(C)C)c(Cl)cc1Cl. The van der Waals surface area contributed by atoms with Crippen LogP contribution in [0.1, 0.15) is 20.3 Å². The minimum absolute atomic E-state index is 0.506. The molecule has 0 saturated carbocycles. The van der Waals surface area contributed by atoms with E-state index in [1.165, 1.54) is 0 Å². The van der Waals surface area contributed by atoms with Gasteiger partial charge in [0.05, 0.1) is 16.7 Å². The van der Waals surface area contributed by atoms with Crippen LogP contribution < -0.4 is 10.6 Å². The number of nitrogens with zero attached hydrogens (tertiary/aromatic N) is 1. The third-order valence-electron chi connectivity index (χ3n) is 2.54. The molecule has 0 atom stereocenters. The molecule has 19 heavy (non-hydrogen) atoms. The highest BCUT2D eigenvalue weighted by Crippen LogP contribution is 2.28. The van der Waals surface area contributed by atoms with Gasteiger partial charge in [-0.1, -0.05) is 37.0 Å². The molecular formula is C13H21Cl2N3O. The first-order valence-electron chi connectivity index (χ1n) is 6.40. The van der Waals surface area contributed by atoms with Crippen molar-refractivity contribution in [2.75, 3.05) is 37.4 Å². The molecule has 0 radical (unpaired) electrons. The van der Waals surface area contributed by atoms with Crippen molar-refractivity contribution < 1.29 is 4.74 Å². The zero-order valence-electron chi connectivity index (χ0n) is 11.6. The number of anilines is 2. The Balaban J connectivity index is 2.37. The topological polar surface area (TPSA) is 46.2 Å². The van der Waals surface area contributed by atoms with E-state index in [-0.39, 0.29) is 0 Å². The van der Waals surface area contributed by atoms with E-state index in [1.54, 1.807) is 13.1 Å². The monoisotopic (exact) mass is 305 g/mol. The first-order chi connectivity index (χ1) is 9.04. The van der Waals surface area contributed by atoms with Crippen LogP contribution in [0.15, 0.2) is 6.07 Å². The van der Waals surface area contributed by atoms with Crippen LogP contribution in [-0.2, 0) is 4.74 Å². The van der Waals surface area contributed by atoms with E-state index < -0.39 is 0 Å². The lowest BCUT2D eigenvalue weighted by Crippen LogP contribution is -2.12. The summed E-state index contributed by atoms with van der Waals surface area (Å²) in [4.78, 5) is 4.29. The predicted molar refractivity (Wildman–Crippen MR) is 82.6 cm³/mol. The van der Waals surface area contributed by atoms with Gasteiger partial charge in [-0.25, -0.2) is 4.98 Å². The number of aromatic nitrogens is 1. The largest absolute Gasteiger partial charge is 0.380 e. The zero-order chi connectivity index (χ0) is 14.3. The van der Waals surface area contributed by atoms with E-state index in [1.807, 2.05) is 0 Å². The molecule has 108 valence electrons. The maximum atomic E-state index is 6.06. The van der Waals surface area contributed by atoms with Crippen molar-refractivity contribution in [3.8, 4) is 0 Å². The zero-order valence-corrected chi connectivity index (χ0v) is 13.1. The van der Waals surface area contributed by atoms with Crippen LogP contribution >= 0.6 is 23.2 Å². The highest BCUT2D eigenvalue weighted by Gasteiger charge is 2.07. The van der Waals surface area contributed by atoms with Crippen molar-refractivity contribution in [2.45, 2.75) is 20.3 Å². The van der Waals surface area contributed by atoms with Gasteiger partial charge in [0.2, 0.25) is 0 Å². The van der Waals surface area contributed by atoms with Gasteiger partial charge in [0.25, 0.3) is 0 Å². The van der Waals surface area contributed by atoms with Crippen LogP contribution in [0.2, 0.25) is 10.0 Å². The Morgan fingerprint density at radius 3 is 2.53 bits per heavy atom. The van der Waals surface area contributed by atoms with Crippen LogP contribution in [0, 0.1) is 5.92 Å². The number of hydrogen-bond acceptors (Lipinski definition) is 4. The summed E-state index contributed by atoms with van der Waals surface area (Å²) in [5.74, 6) is 1.88. The normalized spacial score (nSPS) is 10.8. The summed E-state index contributed by atoms with van der Waals surface area (Å²) in [6, 6.07) is 1.67. The van der Waals surface area contributed by atoms with Crippen molar-refractivity contribution in [3.63, 3.8) is 0 Å². The molecule has 0 amide bonds. The quantitative estimate of drug-likeness (QED) is 0.715. The van der Waals surface area contributed by atoms with Crippen LogP contribution in [0.3, 0.4) is 0 Å². The molecule has 0 aromatic carbocycles. The van der Waals surface area contributed by atoms with Crippen molar-refractivity contribution in [1.29, 1.82) is 0 Å². The molecule has 0 unspecified atom stereocenters. The Labute approximate surface area is 124 Å². The summed E-state index contributed by atoms with van der Waals surface area (Å²) in [5.41, 5.74) is 0. The molecule has 0 bridgehead atoms. The molecule has 0 aliphatic heterocycles. The van der Waals surface area contributed by atoms with Gasteiger partial charge in [0.1, 0.15) is 11.6 Å². The van der Waals surface area contributed by atoms with Gasteiger partial charge in [0, 0.05) is 20.2 Å². The summed E-state index contributed by atoms with van der Waals surface area (Å²) >= 11 is 12.0. The first-order valence-corrected chi connectivity index (χ1v) is 7.15. The van der Waals surface area contributed by atoms with Gasteiger partial charge in [-0.05, 0) is 18.4 Å². The molecule has 6 heteroatoms. The van der Waals surface area contributed by atoms with Gasteiger partial charge in [0.15, 0.2) is 0 Å². The smallest absolute Gasteiger partial charge is 0.147 e. The van der Waals surface area contributed by atoms with Gasteiger partial charge in [-0.15, -0.1) is 0 Å². The summed E-state index contributed by atoms with van der Waals surface area (Å²) in [6.45, 7) is 6.43. The molecule has 1 aromatic rings. The molecule has 0 saturated heterocycles. The summed E-state index contributed by atoms with van der Waals surface area (Å²) in [5, 5.41) is 7.06. The fourth-order valence-electron chi connectivity index (χ4n) is 1.43. The molecule has 0 spiro atoms. The van der Waals surface area contributed by atoms with E-state index >= 15 is 0 Å². The fourth-order valence-corrected chi connectivity index (χ4v) is 1.95. The van der Waals surface area contributed by atoms with Crippen molar-refractivity contribution in [2.24, 2.45) is 5.92 Å². The van der Waals surface area contributed by atoms with E-state index in [9.17, 15) is 0 Å². The van der Waals surface area contributed by atoms with Crippen molar-refractivity contribution in [3.05, 3.63) is 16.1 Å². The average molecular weight is 306 g/mol. The lowest BCUT2D eigenvalue weighted by atomic mass is 10.1. The van der Waals surface area contributed by atoms with Gasteiger partial charge in [-0.3, -0.25) is 0 Å². The Morgan fingerprint density at radius 1 is 1.21 bits per heavy atom. The Morgan fingerprint density at radius 2 is 1.89 bits per heavy atom. The number of nitrogens with one attached hydrogen (secondary N) is 2. The second-order valence-corrected chi connectivity index (χ2v) is 5.44. The van der Waals surface area contributed by atoms with Crippen LogP contribution in [-0.4, -0.2) is 31.8 Å². The third kappa shape index (κ3) is 5.85. The Kier molecular flexibility index (Phi) is 7.28. The van der Waals surface area contributed by atoms with Crippen LogP contribution in [0.4, 0.5) is 11.6 Å². The highest BCUT2D eigenvalue weighted by molar-refractivity contribution is 6.37. The summed E-state index contributed by atoms with van der Waals surface area (Å²) in [7, 11) is 1.76. The summed E-state index contributed by atoms with van der Waals surface area (Å²) < 4.78 is 5.51. The standard InChI is InChI=1S/C13H21Cl2N3O/c1-9(2)4-6-19-7-5-17-13-11(15)8-10(14)12(16-3)18-13/h8-9H,4-7H2,1-3H3,(H2,16,17,18). The molecule has 0 fully saturated rings. The third-order valence-corrected chi connectivity index (χ3v) is 3.12.